The second-order valence-electron chi connectivity index (χ2n) is 3.48. The highest BCUT2D eigenvalue weighted by molar-refractivity contribution is 5.70. The molecule has 82 valence electrons. The third-order valence-electron chi connectivity index (χ3n) is 2.51. The Morgan fingerprint density at radius 2 is 2.13 bits per heavy atom. The highest BCUT2D eigenvalue weighted by Gasteiger charge is 2.15. The molecule has 3 heteroatoms. The molecule has 0 aliphatic heterocycles. The summed E-state index contributed by atoms with van der Waals surface area (Å²) in [5.74, 6) is -0.197. The van der Waals surface area contributed by atoms with Gasteiger partial charge in [-0.05, 0) is 25.1 Å². The van der Waals surface area contributed by atoms with Crippen LogP contribution in [0, 0.1) is 6.92 Å². The molecule has 0 aromatic heterocycles. The number of nitrogens with one attached hydrogen (secondary N) is 1. The third kappa shape index (κ3) is 3.06. The Labute approximate surface area is 90.4 Å². The SMILES string of the molecule is CNC(CC(=O)OC)c1ccccc1C. The van der Waals surface area contributed by atoms with Gasteiger partial charge in [-0.25, -0.2) is 0 Å². The van der Waals surface area contributed by atoms with Gasteiger partial charge in [0, 0.05) is 6.04 Å². The van der Waals surface area contributed by atoms with Crippen molar-refractivity contribution < 1.29 is 9.53 Å². The smallest absolute Gasteiger partial charge is 0.307 e. The zero-order chi connectivity index (χ0) is 11.3. The molecule has 0 bridgehead atoms. The summed E-state index contributed by atoms with van der Waals surface area (Å²) in [6.07, 6.45) is 0.359. The minimum absolute atomic E-state index is 0.0265. The molecule has 1 N–H and O–H groups in total. The molecule has 0 aliphatic rings. The van der Waals surface area contributed by atoms with E-state index < -0.39 is 0 Å². The lowest BCUT2D eigenvalue weighted by Gasteiger charge is -2.17. The van der Waals surface area contributed by atoms with E-state index in [0.717, 1.165) is 5.56 Å². The Morgan fingerprint density at radius 3 is 2.67 bits per heavy atom. The van der Waals surface area contributed by atoms with Crippen LogP contribution in [0.3, 0.4) is 0 Å². The number of hydrogen-bond donors (Lipinski definition) is 1. The van der Waals surface area contributed by atoms with Crippen LogP contribution in [0.5, 0.6) is 0 Å². The summed E-state index contributed by atoms with van der Waals surface area (Å²) in [6.45, 7) is 2.04. The molecular formula is C12H17NO2. The minimum Gasteiger partial charge on any atom is -0.469 e. The van der Waals surface area contributed by atoms with Crippen LogP contribution in [0.15, 0.2) is 24.3 Å². The van der Waals surface area contributed by atoms with Crippen molar-refractivity contribution in [1.29, 1.82) is 0 Å². The number of methoxy groups -OCH3 is 1. The van der Waals surface area contributed by atoms with Gasteiger partial charge in [-0.3, -0.25) is 4.79 Å². The maximum absolute atomic E-state index is 11.2. The van der Waals surface area contributed by atoms with E-state index in [0.29, 0.717) is 6.42 Å². The van der Waals surface area contributed by atoms with Crippen LogP contribution < -0.4 is 5.32 Å². The second-order valence-corrected chi connectivity index (χ2v) is 3.48. The first-order chi connectivity index (χ1) is 7.19. The second kappa shape index (κ2) is 5.51. The first-order valence-electron chi connectivity index (χ1n) is 4.98. The third-order valence-corrected chi connectivity index (χ3v) is 2.51. The van der Waals surface area contributed by atoms with Crippen LogP contribution in [0.2, 0.25) is 0 Å². The zero-order valence-corrected chi connectivity index (χ0v) is 9.41. The molecule has 0 heterocycles. The Kier molecular flexibility index (Phi) is 4.31. The summed E-state index contributed by atoms with van der Waals surface area (Å²) in [6, 6.07) is 8.06. The number of benzene rings is 1. The first kappa shape index (κ1) is 11.7. The van der Waals surface area contributed by atoms with E-state index in [1.165, 1.54) is 12.7 Å². The monoisotopic (exact) mass is 207 g/mol. The Balaban J connectivity index is 2.83. The van der Waals surface area contributed by atoms with E-state index >= 15 is 0 Å². The van der Waals surface area contributed by atoms with Crippen molar-refractivity contribution in [3.05, 3.63) is 35.4 Å². The lowest BCUT2D eigenvalue weighted by molar-refractivity contribution is -0.141. The van der Waals surface area contributed by atoms with Gasteiger partial charge in [-0.1, -0.05) is 24.3 Å². The van der Waals surface area contributed by atoms with Gasteiger partial charge in [0.2, 0.25) is 0 Å². The fourth-order valence-corrected chi connectivity index (χ4v) is 1.60. The van der Waals surface area contributed by atoms with Gasteiger partial charge in [0.25, 0.3) is 0 Å². The van der Waals surface area contributed by atoms with Crippen molar-refractivity contribution in [3.8, 4) is 0 Å². The Bertz CT molecular complexity index is 336. The van der Waals surface area contributed by atoms with Gasteiger partial charge in [0.1, 0.15) is 0 Å². The molecule has 1 aromatic rings. The first-order valence-corrected chi connectivity index (χ1v) is 4.98. The van der Waals surface area contributed by atoms with Crippen molar-refractivity contribution in [3.63, 3.8) is 0 Å². The number of carbonyl (C=O) groups excluding carboxylic acids is 1. The van der Waals surface area contributed by atoms with Crippen LogP contribution >= 0.6 is 0 Å². The number of ether oxygens (including phenoxy) is 1. The Morgan fingerprint density at radius 1 is 1.47 bits per heavy atom. The van der Waals surface area contributed by atoms with Gasteiger partial charge < -0.3 is 10.1 Å². The highest BCUT2D eigenvalue weighted by Crippen LogP contribution is 2.20. The standard InChI is InChI=1S/C12H17NO2/c1-9-6-4-5-7-10(9)11(13-2)8-12(14)15-3/h4-7,11,13H,8H2,1-3H3. The van der Waals surface area contributed by atoms with Crippen molar-refractivity contribution in [1.82, 2.24) is 5.32 Å². The number of rotatable bonds is 4. The van der Waals surface area contributed by atoms with Crippen LogP contribution in [0.4, 0.5) is 0 Å². The summed E-state index contributed by atoms with van der Waals surface area (Å²) in [5.41, 5.74) is 2.33. The lowest BCUT2D eigenvalue weighted by atomic mass is 9.99. The summed E-state index contributed by atoms with van der Waals surface area (Å²) in [5, 5.41) is 3.12. The molecule has 0 saturated carbocycles. The molecular weight excluding hydrogens is 190 g/mol. The molecule has 3 nitrogen and oxygen atoms in total. The molecule has 15 heavy (non-hydrogen) atoms. The van der Waals surface area contributed by atoms with Gasteiger partial charge >= 0.3 is 5.97 Å². The number of aryl methyl sites for hydroxylation is 1. The molecule has 1 atom stereocenters. The van der Waals surface area contributed by atoms with Crippen molar-refractivity contribution >= 4 is 5.97 Å². The van der Waals surface area contributed by atoms with Gasteiger partial charge in [-0.2, -0.15) is 0 Å². The zero-order valence-electron chi connectivity index (χ0n) is 9.41. The number of hydrogen-bond acceptors (Lipinski definition) is 3. The summed E-state index contributed by atoms with van der Waals surface area (Å²) >= 11 is 0. The number of esters is 1. The summed E-state index contributed by atoms with van der Waals surface area (Å²) in [4.78, 5) is 11.2. The molecule has 0 spiro atoms. The fourth-order valence-electron chi connectivity index (χ4n) is 1.60. The average molecular weight is 207 g/mol. The van der Waals surface area contributed by atoms with E-state index in [9.17, 15) is 4.79 Å². The molecule has 1 rings (SSSR count). The summed E-state index contributed by atoms with van der Waals surface area (Å²) in [7, 11) is 3.26. The van der Waals surface area contributed by atoms with Crippen molar-refractivity contribution in [2.45, 2.75) is 19.4 Å². The quantitative estimate of drug-likeness (QED) is 0.765. The largest absolute Gasteiger partial charge is 0.469 e. The Hall–Kier alpha value is -1.35. The van der Waals surface area contributed by atoms with E-state index in [1.807, 2.05) is 38.2 Å². The molecule has 1 unspecified atom stereocenters. The molecule has 0 amide bonds. The predicted octanol–water partition coefficient (Wildman–Crippen LogP) is 1.82. The maximum atomic E-state index is 11.2. The molecule has 0 saturated heterocycles. The minimum atomic E-state index is -0.197. The van der Waals surface area contributed by atoms with Crippen LogP contribution in [0.1, 0.15) is 23.6 Å². The van der Waals surface area contributed by atoms with Crippen molar-refractivity contribution in [2.24, 2.45) is 0 Å². The fraction of sp³-hybridized carbons (Fsp3) is 0.417. The molecule has 1 aromatic carbocycles. The highest BCUT2D eigenvalue weighted by atomic mass is 16.5. The van der Waals surface area contributed by atoms with Gasteiger partial charge in [-0.15, -0.1) is 0 Å². The van der Waals surface area contributed by atoms with E-state index in [-0.39, 0.29) is 12.0 Å². The topological polar surface area (TPSA) is 38.3 Å². The predicted molar refractivity (Wildman–Crippen MR) is 59.6 cm³/mol. The average Bonchev–Trinajstić information content (AvgIpc) is 2.26. The molecule has 0 fully saturated rings. The van der Waals surface area contributed by atoms with Crippen LogP contribution in [-0.2, 0) is 9.53 Å². The van der Waals surface area contributed by atoms with E-state index in [2.05, 4.69) is 10.1 Å². The normalized spacial score (nSPS) is 12.2. The van der Waals surface area contributed by atoms with Gasteiger partial charge in [0.05, 0.1) is 13.5 Å². The molecule has 0 aliphatic carbocycles. The lowest BCUT2D eigenvalue weighted by Crippen LogP contribution is -2.21. The van der Waals surface area contributed by atoms with E-state index in [1.54, 1.807) is 0 Å². The molecule has 0 radical (unpaired) electrons. The number of carbonyl (C=O) groups is 1. The summed E-state index contributed by atoms with van der Waals surface area (Å²) < 4.78 is 4.66. The van der Waals surface area contributed by atoms with E-state index in [4.69, 9.17) is 0 Å². The van der Waals surface area contributed by atoms with Crippen LogP contribution in [0.25, 0.3) is 0 Å². The van der Waals surface area contributed by atoms with Gasteiger partial charge in [0.15, 0.2) is 0 Å². The maximum Gasteiger partial charge on any atom is 0.307 e. The van der Waals surface area contributed by atoms with Crippen molar-refractivity contribution in [2.75, 3.05) is 14.2 Å². The van der Waals surface area contributed by atoms with Crippen LogP contribution in [-0.4, -0.2) is 20.1 Å².